The van der Waals surface area contributed by atoms with Crippen LogP contribution >= 0.6 is 0 Å². The lowest BCUT2D eigenvalue weighted by Gasteiger charge is -2.07. The standard InChI is InChI=1S/C10H18N4O2S/c1-4-8-9(5-2)13-14-10(12-8)11-6-7-17(3,15)16/h4-7H2,1-3H3,(H,11,12,14). The van der Waals surface area contributed by atoms with Gasteiger partial charge >= 0.3 is 0 Å². The molecule has 1 aromatic rings. The van der Waals surface area contributed by atoms with Gasteiger partial charge in [-0.05, 0) is 12.8 Å². The van der Waals surface area contributed by atoms with Gasteiger partial charge < -0.3 is 5.32 Å². The zero-order valence-corrected chi connectivity index (χ0v) is 11.2. The first-order chi connectivity index (χ1) is 7.96. The normalized spacial score (nSPS) is 11.5. The second kappa shape index (κ2) is 5.90. The molecule has 1 aromatic heterocycles. The summed E-state index contributed by atoms with van der Waals surface area (Å²) in [5.74, 6) is 0.454. The van der Waals surface area contributed by atoms with E-state index in [1.807, 2.05) is 13.8 Å². The molecular weight excluding hydrogens is 240 g/mol. The summed E-state index contributed by atoms with van der Waals surface area (Å²) in [4.78, 5) is 4.30. The number of hydrogen-bond donors (Lipinski definition) is 1. The third-order valence-corrected chi connectivity index (χ3v) is 3.21. The van der Waals surface area contributed by atoms with Crippen molar-refractivity contribution in [3.8, 4) is 0 Å². The number of nitrogens with zero attached hydrogens (tertiary/aromatic N) is 3. The van der Waals surface area contributed by atoms with Gasteiger partial charge in [-0.25, -0.2) is 13.4 Å². The first-order valence-electron chi connectivity index (χ1n) is 5.60. The van der Waals surface area contributed by atoms with Crippen molar-refractivity contribution in [2.75, 3.05) is 23.9 Å². The number of anilines is 1. The molecule has 0 saturated carbocycles. The van der Waals surface area contributed by atoms with Gasteiger partial charge in [-0.3, -0.25) is 0 Å². The van der Waals surface area contributed by atoms with Crippen molar-refractivity contribution in [2.45, 2.75) is 26.7 Å². The molecule has 0 aliphatic rings. The summed E-state index contributed by atoms with van der Waals surface area (Å²) in [5, 5.41) is 10.8. The van der Waals surface area contributed by atoms with Crippen LogP contribution in [0.4, 0.5) is 5.95 Å². The van der Waals surface area contributed by atoms with E-state index in [9.17, 15) is 8.42 Å². The molecular formula is C10H18N4O2S. The summed E-state index contributed by atoms with van der Waals surface area (Å²) < 4.78 is 21.9. The highest BCUT2D eigenvalue weighted by Gasteiger charge is 2.07. The van der Waals surface area contributed by atoms with Crippen LogP contribution in [-0.4, -0.2) is 42.2 Å². The highest BCUT2D eigenvalue weighted by atomic mass is 32.2. The van der Waals surface area contributed by atoms with Crippen molar-refractivity contribution in [3.63, 3.8) is 0 Å². The van der Waals surface area contributed by atoms with Crippen molar-refractivity contribution >= 4 is 15.8 Å². The molecule has 1 N–H and O–H groups in total. The van der Waals surface area contributed by atoms with Gasteiger partial charge in [0.15, 0.2) is 0 Å². The molecule has 1 heterocycles. The number of sulfone groups is 1. The first-order valence-corrected chi connectivity index (χ1v) is 7.66. The average Bonchev–Trinajstić information content (AvgIpc) is 2.27. The Labute approximate surface area is 102 Å². The number of hydrogen-bond acceptors (Lipinski definition) is 6. The van der Waals surface area contributed by atoms with E-state index in [1.165, 1.54) is 6.26 Å². The topological polar surface area (TPSA) is 84.8 Å². The van der Waals surface area contributed by atoms with E-state index >= 15 is 0 Å². The van der Waals surface area contributed by atoms with Crippen LogP contribution in [-0.2, 0) is 22.7 Å². The monoisotopic (exact) mass is 258 g/mol. The molecule has 1 rings (SSSR count). The molecule has 6 nitrogen and oxygen atoms in total. The Kier molecular flexibility index (Phi) is 4.80. The predicted molar refractivity (Wildman–Crippen MR) is 66.8 cm³/mol. The Morgan fingerprint density at radius 1 is 1.12 bits per heavy atom. The van der Waals surface area contributed by atoms with Crippen LogP contribution in [0, 0.1) is 0 Å². The summed E-state index contributed by atoms with van der Waals surface area (Å²) in [6, 6.07) is 0. The van der Waals surface area contributed by atoms with Crippen LogP contribution in [0.3, 0.4) is 0 Å². The van der Waals surface area contributed by atoms with E-state index in [0.717, 1.165) is 24.2 Å². The molecule has 0 saturated heterocycles. The van der Waals surface area contributed by atoms with Crippen LogP contribution in [0.15, 0.2) is 0 Å². The maximum atomic E-state index is 10.9. The quantitative estimate of drug-likeness (QED) is 0.797. The van der Waals surface area contributed by atoms with Gasteiger partial charge in [-0.15, -0.1) is 5.10 Å². The summed E-state index contributed by atoms with van der Waals surface area (Å²) in [7, 11) is -2.96. The largest absolute Gasteiger partial charge is 0.352 e. The molecule has 0 atom stereocenters. The zero-order chi connectivity index (χ0) is 12.9. The summed E-state index contributed by atoms with van der Waals surface area (Å²) >= 11 is 0. The molecule has 0 fully saturated rings. The molecule has 0 spiro atoms. The molecule has 0 unspecified atom stereocenters. The molecule has 0 aliphatic carbocycles. The van der Waals surface area contributed by atoms with Gasteiger partial charge in [0.1, 0.15) is 9.84 Å². The minimum atomic E-state index is -2.96. The number of nitrogens with one attached hydrogen (secondary N) is 1. The van der Waals surface area contributed by atoms with E-state index in [-0.39, 0.29) is 5.75 Å². The van der Waals surface area contributed by atoms with Gasteiger partial charge in [0.2, 0.25) is 5.95 Å². The van der Waals surface area contributed by atoms with E-state index in [0.29, 0.717) is 12.5 Å². The first kappa shape index (κ1) is 13.8. The second-order valence-corrected chi connectivity index (χ2v) is 6.05. The Bertz CT molecular complexity index is 473. The minimum Gasteiger partial charge on any atom is -0.352 e. The molecule has 0 aliphatic heterocycles. The van der Waals surface area contributed by atoms with E-state index < -0.39 is 9.84 Å². The van der Waals surface area contributed by atoms with Crippen LogP contribution < -0.4 is 5.32 Å². The summed E-state index contributed by atoms with van der Waals surface area (Å²) in [5.41, 5.74) is 1.80. The highest BCUT2D eigenvalue weighted by Crippen LogP contribution is 2.06. The van der Waals surface area contributed by atoms with Crippen molar-refractivity contribution in [2.24, 2.45) is 0 Å². The summed E-state index contributed by atoms with van der Waals surface area (Å²) in [6.45, 7) is 4.31. The minimum absolute atomic E-state index is 0.0628. The van der Waals surface area contributed by atoms with E-state index in [4.69, 9.17) is 0 Å². The lowest BCUT2D eigenvalue weighted by molar-refractivity contribution is 0.602. The van der Waals surface area contributed by atoms with Gasteiger partial charge in [-0.2, -0.15) is 5.10 Å². The van der Waals surface area contributed by atoms with Crippen molar-refractivity contribution in [1.82, 2.24) is 15.2 Å². The summed E-state index contributed by atoms with van der Waals surface area (Å²) in [6.07, 6.45) is 2.79. The molecule has 7 heteroatoms. The van der Waals surface area contributed by atoms with Crippen LogP contribution in [0.2, 0.25) is 0 Å². The fraction of sp³-hybridized carbons (Fsp3) is 0.700. The van der Waals surface area contributed by atoms with Crippen LogP contribution in [0.25, 0.3) is 0 Å². The Morgan fingerprint density at radius 3 is 2.29 bits per heavy atom. The lowest BCUT2D eigenvalue weighted by atomic mass is 10.2. The highest BCUT2D eigenvalue weighted by molar-refractivity contribution is 7.90. The second-order valence-electron chi connectivity index (χ2n) is 3.79. The Balaban J connectivity index is 2.66. The van der Waals surface area contributed by atoms with Gasteiger partial charge in [0, 0.05) is 12.8 Å². The van der Waals surface area contributed by atoms with E-state index in [1.54, 1.807) is 0 Å². The molecule has 0 amide bonds. The fourth-order valence-corrected chi connectivity index (χ4v) is 1.83. The molecule has 0 radical (unpaired) electrons. The van der Waals surface area contributed by atoms with Gasteiger partial charge in [0.25, 0.3) is 0 Å². The third-order valence-electron chi connectivity index (χ3n) is 2.27. The van der Waals surface area contributed by atoms with E-state index in [2.05, 4.69) is 20.5 Å². The van der Waals surface area contributed by atoms with Crippen molar-refractivity contribution < 1.29 is 8.42 Å². The van der Waals surface area contributed by atoms with Crippen LogP contribution in [0.5, 0.6) is 0 Å². The number of aromatic nitrogens is 3. The van der Waals surface area contributed by atoms with Crippen molar-refractivity contribution in [1.29, 1.82) is 0 Å². The van der Waals surface area contributed by atoms with Crippen molar-refractivity contribution in [3.05, 3.63) is 11.4 Å². The third kappa shape index (κ3) is 4.64. The average molecular weight is 258 g/mol. The number of rotatable bonds is 6. The molecule has 0 bridgehead atoms. The lowest BCUT2D eigenvalue weighted by Crippen LogP contribution is -2.17. The smallest absolute Gasteiger partial charge is 0.243 e. The van der Waals surface area contributed by atoms with Gasteiger partial charge in [-0.1, -0.05) is 13.8 Å². The Morgan fingerprint density at radius 2 is 1.76 bits per heavy atom. The maximum Gasteiger partial charge on any atom is 0.243 e. The predicted octanol–water partition coefficient (Wildman–Crippen LogP) is 0.453. The fourth-order valence-electron chi connectivity index (χ4n) is 1.36. The van der Waals surface area contributed by atoms with Gasteiger partial charge in [0.05, 0.1) is 17.1 Å². The molecule has 96 valence electrons. The SMILES string of the molecule is CCc1nnc(NCCS(C)(=O)=O)nc1CC. The number of aryl methyl sites for hydroxylation is 2. The maximum absolute atomic E-state index is 10.9. The van der Waals surface area contributed by atoms with Crippen LogP contribution in [0.1, 0.15) is 25.2 Å². The Hall–Kier alpha value is -1.24. The molecule has 0 aromatic carbocycles. The zero-order valence-electron chi connectivity index (χ0n) is 10.4. The molecule has 17 heavy (non-hydrogen) atoms.